The molecule has 0 radical (unpaired) electrons. The third-order valence-corrected chi connectivity index (χ3v) is 2.80. The predicted octanol–water partition coefficient (Wildman–Crippen LogP) is 3.79. The molecule has 0 aliphatic heterocycles. The fourth-order valence-corrected chi connectivity index (χ4v) is 1.84. The summed E-state index contributed by atoms with van der Waals surface area (Å²) in [5, 5.41) is 13.7. The minimum Gasteiger partial charge on any atom is -0.359 e. The fourth-order valence-electron chi connectivity index (χ4n) is 1.84. The van der Waals surface area contributed by atoms with Gasteiger partial charge in [0.15, 0.2) is 5.78 Å². The fraction of sp³-hybridized carbons (Fsp3) is 0.0625. The van der Waals surface area contributed by atoms with Crippen molar-refractivity contribution in [1.82, 2.24) is 0 Å². The molecule has 2 aromatic carbocycles. The second kappa shape index (κ2) is 6.47. The highest BCUT2D eigenvalue weighted by Gasteiger charge is 2.06. The van der Waals surface area contributed by atoms with E-state index in [1.807, 2.05) is 6.07 Å². The molecule has 2 rings (SSSR count). The molecule has 0 aliphatic rings. The van der Waals surface area contributed by atoms with Crippen molar-refractivity contribution in [3.8, 4) is 0 Å². The minimum atomic E-state index is -0.459. The van der Waals surface area contributed by atoms with Gasteiger partial charge in [0.25, 0.3) is 5.69 Å². The van der Waals surface area contributed by atoms with Crippen LogP contribution in [-0.4, -0.2) is 10.7 Å². The number of hydrogen-bond donors (Lipinski definition) is 1. The smallest absolute Gasteiger partial charge is 0.271 e. The summed E-state index contributed by atoms with van der Waals surface area (Å²) in [5.41, 5.74) is 1.78. The molecule has 5 nitrogen and oxygen atoms in total. The number of nitrogens with zero attached hydrogens (tertiary/aromatic N) is 1. The number of nitrogens with one attached hydrogen (secondary N) is 1. The zero-order chi connectivity index (χ0) is 15.2. The van der Waals surface area contributed by atoms with Crippen LogP contribution in [0.4, 0.5) is 11.4 Å². The molecule has 0 unspecified atom stereocenters. The van der Waals surface area contributed by atoms with E-state index in [1.54, 1.807) is 43.3 Å². The molecular weight excluding hydrogens is 268 g/mol. The average Bonchev–Trinajstić information content (AvgIpc) is 2.48. The van der Waals surface area contributed by atoms with Crippen LogP contribution in [0.25, 0.3) is 0 Å². The number of ketones is 1. The average molecular weight is 282 g/mol. The summed E-state index contributed by atoms with van der Waals surface area (Å²) >= 11 is 0. The number of rotatable bonds is 5. The highest BCUT2D eigenvalue weighted by Crippen LogP contribution is 2.18. The molecule has 106 valence electrons. The maximum absolute atomic E-state index is 12.0. The Morgan fingerprint density at radius 2 is 1.86 bits per heavy atom. The lowest BCUT2D eigenvalue weighted by molar-refractivity contribution is -0.384. The molecule has 2 aromatic rings. The second-order valence-corrected chi connectivity index (χ2v) is 4.49. The summed E-state index contributed by atoms with van der Waals surface area (Å²) in [6.45, 7) is 1.74. The molecule has 0 atom stereocenters. The lowest BCUT2D eigenvalue weighted by Crippen LogP contribution is -2.01. The maximum Gasteiger partial charge on any atom is 0.271 e. The summed E-state index contributed by atoms with van der Waals surface area (Å²) in [6, 6.07) is 15.0. The first-order chi connectivity index (χ1) is 10.1. The van der Waals surface area contributed by atoms with Crippen LogP contribution in [0.15, 0.2) is 66.4 Å². The van der Waals surface area contributed by atoms with Crippen LogP contribution in [0.1, 0.15) is 17.3 Å². The van der Waals surface area contributed by atoms with E-state index in [0.29, 0.717) is 16.9 Å². The second-order valence-electron chi connectivity index (χ2n) is 4.49. The Morgan fingerprint density at radius 3 is 2.52 bits per heavy atom. The number of carbonyl (C=O) groups is 1. The van der Waals surface area contributed by atoms with Crippen molar-refractivity contribution in [3.63, 3.8) is 0 Å². The number of allylic oxidation sites excluding steroid dienone is 2. The Kier molecular flexibility index (Phi) is 4.46. The van der Waals surface area contributed by atoms with Gasteiger partial charge in [-0.15, -0.1) is 0 Å². The number of non-ortho nitro benzene ring substituents is 1. The van der Waals surface area contributed by atoms with Gasteiger partial charge < -0.3 is 5.32 Å². The molecule has 0 bridgehead atoms. The zero-order valence-corrected chi connectivity index (χ0v) is 11.4. The first-order valence-corrected chi connectivity index (χ1v) is 6.35. The Balaban J connectivity index is 2.12. The monoisotopic (exact) mass is 282 g/mol. The van der Waals surface area contributed by atoms with Crippen LogP contribution in [0.3, 0.4) is 0 Å². The molecular formula is C16H14N2O3. The lowest BCUT2D eigenvalue weighted by Gasteiger charge is -2.06. The SMILES string of the molecule is C/C(=C/C(=O)c1ccccc1)Nc1cccc([N+](=O)[O-])c1. The van der Waals surface area contributed by atoms with Crippen LogP contribution in [0.2, 0.25) is 0 Å². The van der Waals surface area contributed by atoms with Gasteiger partial charge in [-0.1, -0.05) is 36.4 Å². The molecule has 0 aliphatic carbocycles. The topological polar surface area (TPSA) is 72.2 Å². The molecule has 0 amide bonds. The quantitative estimate of drug-likeness (QED) is 0.392. The number of nitro groups is 1. The van der Waals surface area contributed by atoms with Gasteiger partial charge in [-0.3, -0.25) is 14.9 Å². The molecule has 21 heavy (non-hydrogen) atoms. The van der Waals surface area contributed by atoms with E-state index in [2.05, 4.69) is 5.32 Å². The molecule has 0 fully saturated rings. The Morgan fingerprint density at radius 1 is 1.14 bits per heavy atom. The van der Waals surface area contributed by atoms with Crippen molar-refractivity contribution in [2.75, 3.05) is 5.32 Å². The van der Waals surface area contributed by atoms with Crippen LogP contribution in [0.5, 0.6) is 0 Å². The summed E-state index contributed by atoms with van der Waals surface area (Å²) in [5.74, 6) is -0.119. The maximum atomic E-state index is 12.0. The van der Waals surface area contributed by atoms with Gasteiger partial charge in [-0.25, -0.2) is 0 Å². The Bertz CT molecular complexity index is 694. The summed E-state index contributed by atoms with van der Waals surface area (Å²) < 4.78 is 0. The van der Waals surface area contributed by atoms with E-state index in [9.17, 15) is 14.9 Å². The van der Waals surface area contributed by atoms with Crippen molar-refractivity contribution in [2.24, 2.45) is 0 Å². The normalized spacial score (nSPS) is 11.0. The zero-order valence-electron chi connectivity index (χ0n) is 11.4. The third kappa shape index (κ3) is 4.01. The van der Waals surface area contributed by atoms with E-state index in [-0.39, 0.29) is 11.5 Å². The van der Waals surface area contributed by atoms with Gasteiger partial charge in [-0.2, -0.15) is 0 Å². The molecule has 0 spiro atoms. The van der Waals surface area contributed by atoms with Crippen LogP contribution in [0, 0.1) is 10.1 Å². The number of hydrogen-bond acceptors (Lipinski definition) is 4. The minimum absolute atomic E-state index is 0.00202. The molecule has 0 saturated heterocycles. The van der Waals surface area contributed by atoms with Gasteiger partial charge in [0.2, 0.25) is 0 Å². The summed E-state index contributed by atoms with van der Waals surface area (Å²) in [4.78, 5) is 22.2. The molecule has 1 N–H and O–H groups in total. The molecule has 0 heterocycles. The van der Waals surface area contributed by atoms with Crippen molar-refractivity contribution < 1.29 is 9.72 Å². The highest BCUT2D eigenvalue weighted by molar-refractivity contribution is 6.05. The summed E-state index contributed by atoms with van der Waals surface area (Å²) in [7, 11) is 0. The van der Waals surface area contributed by atoms with E-state index in [1.165, 1.54) is 18.2 Å². The first-order valence-electron chi connectivity index (χ1n) is 6.35. The highest BCUT2D eigenvalue weighted by atomic mass is 16.6. The van der Waals surface area contributed by atoms with Gasteiger partial charge in [-0.05, 0) is 13.0 Å². The molecule has 0 aromatic heterocycles. The van der Waals surface area contributed by atoms with Gasteiger partial charge in [0.1, 0.15) is 0 Å². The van der Waals surface area contributed by atoms with Crippen LogP contribution in [-0.2, 0) is 0 Å². The number of carbonyl (C=O) groups excluding carboxylic acids is 1. The van der Waals surface area contributed by atoms with E-state index < -0.39 is 4.92 Å². The van der Waals surface area contributed by atoms with Crippen LogP contribution >= 0.6 is 0 Å². The van der Waals surface area contributed by atoms with Crippen molar-refractivity contribution >= 4 is 17.2 Å². The van der Waals surface area contributed by atoms with Crippen LogP contribution < -0.4 is 5.32 Å². The lowest BCUT2D eigenvalue weighted by atomic mass is 10.1. The van der Waals surface area contributed by atoms with Crippen molar-refractivity contribution in [2.45, 2.75) is 6.92 Å². The Labute approximate surface area is 122 Å². The molecule has 0 saturated carbocycles. The number of anilines is 1. The van der Waals surface area contributed by atoms with E-state index >= 15 is 0 Å². The Hall–Kier alpha value is -2.95. The predicted molar refractivity (Wildman–Crippen MR) is 81.2 cm³/mol. The molecule has 5 heteroatoms. The summed E-state index contributed by atoms with van der Waals surface area (Å²) in [6.07, 6.45) is 1.47. The van der Waals surface area contributed by atoms with Crippen molar-refractivity contribution in [3.05, 3.63) is 82.0 Å². The van der Waals surface area contributed by atoms with E-state index in [4.69, 9.17) is 0 Å². The van der Waals surface area contributed by atoms with Crippen molar-refractivity contribution in [1.29, 1.82) is 0 Å². The largest absolute Gasteiger partial charge is 0.359 e. The third-order valence-electron chi connectivity index (χ3n) is 2.80. The number of nitro benzene ring substituents is 1. The van der Waals surface area contributed by atoms with Gasteiger partial charge in [0, 0.05) is 35.2 Å². The first kappa shape index (κ1) is 14.5. The number of benzene rings is 2. The van der Waals surface area contributed by atoms with Gasteiger partial charge >= 0.3 is 0 Å². The van der Waals surface area contributed by atoms with Gasteiger partial charge in [0.05, 0.1) is 4.92 Å². The standard InChI is InChI=1S/C16H14N2O3/c1-12(10-16(19)13-6-3-2-4-7-13)17-14-8-5-9-15(11-14)18(20)21/h2-11,17H,1H3/b12-10-. The van der Waals surface area contributed by atoms with E-state index in [0.717, 1.165) is 0 Å².